The van der Waals surface area contributed by atoms with Crippen LogP contribution in [0.4, 0.5) is 0 Å². The molecule has 0 saturated carbocycles. The fraction of sp³-hybridized carbons (Fsp3) is 0.650. The van der Waals surface area contributed by atoms with Crippen LogP contribution in [-0.4, -0.2) is 70.5 Å². The molecule has 2 rings (SSSR count). The molecule has 146 valence electrons. The Hall–Kier alpha value is -1.79. The second-order valence-electron chi connectivity index (χ2n) is 6.86. The van der Waals surface area contributed by atoms with Crippen LogP contribution < -0.4 is 15.4 Å². The van der Waals surface area contributed by atoms with Crippen LogP contribution in [0.3, 0.4) is 0 Å². The molecule has 1 aliphatic heterocycles. The molecule has 1 aromatic carbocycles. The summed E-state index contributed by atoms with van der Waals surface area (Å²) in [5.74, 6) is 2.24. The molecule has 0 radical (unpaired) electrons. The van der Waals surface area contributed by atoms with Gasteiger partial charge in [-0.05, 0) is 44.0 Å². The number of likely N-dealkylation sites (N-methyl/N-ethyl adjacent to an activating group) is 1. The number of rotatable bonds is 8. The predicted octanol–water partition coefficient (Wildman–Crippen LogP) is 2.07. The van der Waals surface area contributed by atoms with Gasteiger partial charge in [-0.2, -0.15) is 0 Å². The number of guanidine groups is 1. The largest absolute Gasteiger partial charge is 0.497 e. The zero-order chi connectivity index (χ0) is 18.8. The molecular formula is C20H34N4O2. The van der Waals surface area contributed by atoms with E-state index in [9.17, 15) is 0 Å². The third-order valence-corrected chi connectivity index (χ3v) is 4.69. The third-order valence-electron chi connectivity index (χ3n) is 4.69. The summed E-state index contributed by atoms with van der Waals surface area (Å²) in [5, 5.41) is 6.75. The summed E-state index contributed by atoms with van der Waals surface area (Å²) in [6.07, 6.45) is 1.22. The normalized spacial score (nSPS) is 19.8. The van der Waals surface area contributed by atoms with Gasteiger partial charge < -0.3 is 25.0 Å². The summed E-state index contributed by atoms with van der Waals surface area (Å²) in [7, 11) is 3.82. The molecule has 1 aliphatic rings. The van der Waals surface area contributed by atoms with Gasteiger partial charge in [-0.25, -0.2) is 0 Å². The number of ether oxygens (including phenoxy) is 2. The number of morpholine rings is 1. The molecule has 2 atom stereocenters. The fourth-order valence-corrected chi connectivity index (χ4v) is 3.02. The quantitative estimate of drug-likeness (QED) is 0.548. The lowest BCUT2D eigenvalue weighted by Gasteiger charge is -2.29. The Morgan fingerprint density at radius 2 is 2.12 bits per heavy atom. The maximum atomic E-state index is 5.78. The highest BCUT2D eigenvalue weighted by Crippen LogP contribution is 2.21. The lowest BCUT2D eigenvalue weighted by molar-refractivity contribution is -0.0136. The highest BCUT2D eigenvalue weighted by molar-refractivity contribution is 5.79. The number of hydrogen-bond acceptors (Lipinski definition) is 4. The maximum Gasteiger partial charge on any atom is 0.191 e. The lowest BCUT2D eigenvalue weighted by atomic mass is 9.98. The highest BCUT2D eigenvalue weighted by atomic mass is 16.5. The molecule has 0 aromatic heterocycles. The molecule has 1 fully saturated rings. The van der Waals surface area contributed by atoms with Gasteiger partial charge in [0.05, 0.1) is 26.4 Å². The summed E-state index contributed by atoms with van der Waals surface area (Å²) in [6.45, 7) is 9.49. The molecule has 0 amide bonds. The van der Waals surface area contributed by atoms with Crippen molar-refractivity contribution in [3.8, 4) is 5.75 Å². The number of benzene rings is 1. The van der Waals surface area contributed by atoms with Gasteiger partial charge in [-0.15, -0.1) is 0 Å². The van der Waals surface area contributed by atoms with Gasteiger partial charge in [0, 0.05) is 26.2 Å². The third kappa shape index (κ3) is 6.84. The van der Waals surface area contributed by atoms with Gasteiger partial charge in [-0.1, -0.05) is 19.1 Å². The first-order chi connectivity index (χ1) is 12.6. The van der Waals surface area contributed by atoms with Crippen LogP contribution in [0.1, 0.15) is 31.7 Å². The van der Waals surface area contributed by atoms with Crippen molar-refractivity contribution in [2.75, 3.05) is 53.5 Å². The topological polar surface area (TPSA) is 58.1 Å². The Bertz CT molecular complexity index is 547. The molecule has 0 aliphatic carbocycles. The first-order valence-corrected chi connectivity index (χ1v) is 9.58. The van der Waals surface area contributed by atoms with Crippen molar-refractivity contribution < 1.29 is 9.47 Å². The fourth-order valence-electron chi connectivity index (χ4n) is 3.02. The second-order valence-corrected chi connectivity index (χ2v) is 6.86. The molecule has 0 bridgehead atoms. The van der Waals surface area contributed by atoms with Crippen molar-refractivity contribution in [2.24, 2.45) is 4.99 Å². The molecule has 0 spiro atoms. The Morgan fingerprint density at radius 3 is 2.77 bits per heavy atom. The van der Waals surface area contributed by atoms with Crippen molar-refractivity contribution in [3.05, 3.63) is 29.8 Å². The van der Waals surface area contributed by atoms with E-state index < -0.39 is 0 Å². The van der Waals surface area contributed by atoms with Gasteiger partial charge in [-0.3, -0.25) is 4.99 Å². The van der Waals surface area contributed by atoms with Crippen LogP contribution in [0.2, 0.25) is 0 Å². The van der Waals surface area contributed by atoms with E-state index in [0.717, 1.165) is 50.9 Å². The number of nitrogens with one attached hydrogen (secondary N) is 2. The molecule has 26 heavy (non-hydrogen) atoms. The minimum atomic E-state index is 0.183. The van der Waals surface area contributed by atoms with E-state index in [2.05, 4.69) is 48.6 Å². The maximum absolute atomic E-state index is 5.78. The SMILES string of the molecule is CCNC(=NCC1CN(C)CCO1)NCCC(C)c1ccc(OC)cc1. The van der Waals surface area contributed by atoms with E-state index in [4.69, 9.17) is 14.5 Å². The van der Waals surface area contributed by atoms with Crippen molar-refractivity contribution >= 4 is 5.96 Å². The first kappa shape index (κ1) is 20.5. The molecular weight excluding hydrogens is 328 g/mol. The van der Waals surface area contributed by atoms with Gasteiger partial charge >= 0.3 is 0 Å². The Kier molecular flexibility index (Phi) is 8.71. The standard InChI is InChI=1S/C20H34N4O2/c1-5-21-20(23-14-19-15-24(3)12-13-26-19)22-11-10-16(2)17-6-8-18(25-4)9-7-17/h6-9,16,19H,5,10-15H2,1-4H3,(H2,21,22,23). The van der Waals surface area contributed by atoms with Crippen molar-refractivity contribution in [2.45, 2.75) is 32.3 Å². The smallest absolute Gasteiger partial charge is 0.191 e. The summed E-state index contributed by atoms with van der Waals surface area (Å²) in [6, 6.07) is 8.32. The summed E-state index contributed by atoms with van der Waals surface area (Å²) in [4.78, 5) is 6.98. The van der Waals surface area contributed by atoms with Gasteiger partial charge in [0.1, 0.15) is 5.75 Å². The Labute approximate surface area is 158 Å². The monoisotopic (exact) mass is 362 g/mol. The van der Waals surface area contributed by atoms with E-state index >= 15 is 0 Å². The van der Waals surface area contributed by atoms with E-state index in [1.165, 1.54) is 5.56 Å². The van der Waals surface area contributed by atoms with Crippen molar-refractivity contribution in [1.29, 1.82) is 0 Å². The molecule has 6 nitrogen and oxygen atoms in total. The zero-order valence-electron chi connectivity index (χ0n) is 16.6. The van der Waals surface area contributed by atoms with Crippen LogP contribution in [0.5, 0.6) is 5.75 Å². The summed E-state index contributed by atoms with van der Waals surface area (Å²) in [5.41, 5.74) is 1.33. The predicted molar refractivity (Wildman–Crippen MR) is 107 cm³/mol. The number of aliphatic imine (C=N–C) groups is 1. The molecule has 1 heterocycles. The minimum Gasteiger partial charge on any atom is -0.497 e. The second kappa shape index (κ2) is 11.0. The molecule has 6 heteroatoms. The minimum absolute atomic E-state index is 0.183. The molecule has 2 unspecified atom stereocenters. The molecule has 2 N–H and O–H groups in total. The number of methoxy groups -OCH3 is 1. The average Bonchev–Trinajstić information content (AvgIpc) is 2.66. The Balaban J connectivity index is 1.78. The lowest BCUT2D eigenvalue weighted by Crippen LogP contribution is -2.43. The van der Waals surface area contributed by atoms with Crippen molar-refractivity contribution in [1.82, 2.24) is 15.5 Å². The average molecular weight is 363 g/mol. The van der Waals surface area contributed by atoms with Gasteiger partial charge in [0.2, 0.25) is 0 Å². The van der Waals surface area contributed by atoms with Crippen LogP contribution in [0.15, 0.2) is 29.3 Å². The molecule has 1 saturated heterocycles. The van der Waals surface area contributed by atoms with Crippen molar-refractivity contribution in [3.63, 3.8) is 0 Å². The van der Waals surface area contributed by atoms with E-state index in [0.29, 0.717) is 12.5 Å². The van der Waals surface area contributed by atoms with Crippen LogP contribution in [0.25, 0.3) is 0 Å². The van der Waals surface area contributed by atoms with Crippen LogP contribution >= 0.6 is 0 Å². The van der Waals surface area contributed by atoms with Gasteiger partial charge in [0.15, 0.2) is 5.96 Å². The highest BCUT2D eigenvalue weighted by Gasteiger charge is 2.17. The van der Waals surface area contributed by atoms with E-state index in [1.807, 2.05) is 12.1 Å². The Morgan fingerprint density at radius 1 is 1.35 bits per heavy atom. The van der Waals surface area contributed by atoms with Crippen LogP contribution in [0, 0.1) is 0 Å². The first-order valence-electron chi connectivity index (χ1n) is 9.58. The summed E-state index contributed by atoms with van der Waals surface area (Å²) >= 11 is 0. The number of nitrogens with zero attached hydrogens (tertiary/aromatic N) is 2. The molecule has 1 aromatic rings. The van der Waals surface area contributed by atoms with Gasteiger partial charge in [0.25, 0.3) is 0 Å². The van der Waals surface area contributed by atoms with E-state index in [1.54, 1.807) is 7.11 Å². The summed E-state index contributed by atoms with van der Waals surface area (Å²) < 4.78 is 11.0. The number of hydrogen-bond donors (Lipinski definition) is 2. The zero-order valence-corrected chi connectivity index (χ0v) is 16.6. The van der Waals surface area contributed by atoms with Crippen LogP contribution in [-0.2, 0) is 4.74 Å². The van der Waals surface area contributed by atoms with E-state index in [-0.39, 0.29) is 6.10 Å².